The minimum Gasteiger partial charge on any atom is -0.497 e. The molecule has 1 heterocycles. The Morgan fingerprint density at radius 2 is 1.85 bits per heavy atom. The second kappa shape index (κ2) is 7.87. The molecular formula is C19H17F2N3O2S. The highest BCUT2D eigenvalue weighted by Crippen LogP contribution is 2.28. The number of methoxy groups -OCH3 is 1. The third-order valence-electron chi connectivity index (χ3n) is 4.03. The zero-order valence-corrected chi connectivity index (χ0v) is 15.8. The summed E-state index contributed by atoms with van der Waals surface area (Å²) in [6.45, 7) is 1.65. The molecule has 1 aromatic heterocycles. The van der Waals surface area contributed by atoms with Gasteiger partial charge in [0.2, 0.25) is 0 Å². The van der Waals surface area contributed by atoms with Crippen molar-refractivity contribution in [3.05, 3.63) is 59.7 Å². The smallest absolute Gasteiger partial charge is 0.191 e. The van der Waals surface area contributed by atoms with Crippen molar-refractivity contribution in [1.82, 2.24) is 14.8 Å². The lowest BCUT2D eigenvalue weighted by atomic mass is 10.1. The number of carbonyl (C=O) groups excluding carboxylic acids is 1. The molecule has 5 nitrogen and oxygen atoms in total. The van der Waals surface area contributed by atoms with E-state index < -0.39 is 22.7 Å². The van der Waals surface area contributed by atoms with Crippen molar-refractivity contribution in [2.75, 3.05) is 7.11 Å². The average Bonchev–Trinajstić information content (AvgIpc) is 3.01. The number of rotatable bonds is 6. The van der Waals surface area contributed by atoms with Crippen molar-refractivity contribution in [2.45, 2.75) is 17.3 Å². The average molecular weight is 389 g/mol. The van der Waals surface area contributed by atoms with Gasteiger partial charge < -0.3 is 9.30 Å². The van der Waals surface area contributed by atoms with Gasteiger partial charge >= 0.3 is 0 Å². The molecule has 0 bridgehead atoms. The third kappa shape index (κ3) is 4.00. The normalized spacial score (nSPS) is 12.0. The third-order valence-corrected chi connectivity index (χ3v) is 5.17. The van der Waals surface area contributed by atoms with E-state index in [4.69, 9.17) is 4.74 Å². The molecule has 0 N–H and O–H groups in total. The Kier molecular flexibility index (Phi) is 5.55. The molecule has 1 atom stereocenters. The molecule has 140 valence electrons. The Morgan fingerprint density at radius 1 is 1.15 bits per heavy atom. The van der Waals surface area contributed by atoms with Crippen LogP contribution in [0.4, 0.5) is 8.78 Å². The fourth-order valence-corrected chi connectivity index (χ4v) is 3.41. The van der Waals surface area contributed by atoms with E-state index in [2.05, 4.69) is 10.2 Å². The van der Waals surface area contributed by atoms with E-state index in [0.717, 1.165) is 35.2 Å². The van der Waals surface area contributed by atoms with Gasteiger partial charge in [-0.3, -0.25) is 4.79 Å². The monoisotopic (exact) mass is 389 g/mol. The second-order valence-electron chi connectivity index (χ2n) is 5.84. The summed E-state index contributed by atoms with van der Waals surface area (Å²) >= 11 is 1.16. The number of ketones is 1. The molecule has 8 heteroatoms. The van der Waals surface area contributed by atoms with Crippen LogP contribution in [0.2, 0.25) is 0 Å². The molecule has 0 amide bonds. The van der Waals surface area contributed by atoms with Crippen LogP contribution in [0.3, 0.4) is 0 Å². The minimum absolute atomic E-state index is 0.144. The van der Waals surface area contributed by atoms with E-state index in [1.165, 1.54) is 0 Å². The number of hydrogen-bond donors (Lipinski definition) is 0. The molecule has 27 heavy (non-hydrogen) atoms. The van der Waals surface area contributed by atoms with Crippen LogP contribution in [-0.2, 0) is 7.05 Å². The maximum absolute atomic E-state index is 13.9. The van der Waals surface area contributed by atoms with Crippen LogP contribution in [0.5, 0.6) is 5.75 Å². The number of Topliss-reactive ketones (excluding diaryl/α,β-unsaturated/α-hetero) is 1. The van der Waals surface area contributed by atoms with Crippen molar-refractivity contribution < 1.29 is 18.3 Å². The largest absolute Gasteiger partial charge is 0.497 e. The fraction of sp³-hybridized carbons (Fsp3) is 0.211. The first-order chi connectivity index (χ1) is 12.9. The first-order valence-corrected chi connectivity index (χ1v) is 8.98. The van der Waals surface area contributed by atoms with Crippen LogP contribution >= 0.6 is 11.8 Å². The van der Waals surface area contributed by atoms with Gasteiger partial charge in [-0.25, -0.2) is 8.78 Å². The van der Waals surface area contributed by atoms with Gasteiger partial charge in [0.25, 0.3) is 0 Å². The summed E-state index contributed by atoms with van der Waals surface area (Å²) < 4.78 is 33.8. The maximum Gasteiger partial charge on any atom is 0.191 e. The van der Waals surface area contributed by atoms with Gasteiger partial charge in [0.1, 0.15) is 17.4 Å². The highest BCUT2D eigenvalue weighted by molar-refractivity contribution is 8.00. The van der Waals surface area contributed by atoms with Crippen molar-refractivity contribution in [3.63, 3.8) is 0 Å². The quantitative estimate of drug-likeness (QED) is 0.469. The van der Waals surface area contributed by atoms with Gasteiger partial charge in [-0.1, -0.05) is 11.8 Å². The molecule has 0 radical (unpaired) electrons. The lowest BCUT2D eigenvalue weighted by molar-refractivity contribution is 0.0990. The zero-order valence-electron chi connectivity index (χ0n) is 14.9. The van der Waals surface area contributed by atoms with E-state index in [9.17, 15) is 13.6 Å². The highest BCUT2D eigenvalue weighted by atomic mass is 32.2. The Bertz CT molecular complexity index is 974. The topological polar surface area (TPSA) is 57.0 Å². The molecule has 0 spiro atoms. The van der Waals surface area contributed by atoms with Crippen LogP contribution in [0.25, 0.3) is 11.4 Å². The summed E-state index contributed by atoms with van der Waals surface area (Å²) in [5.74, 6) is -0.665. The van der Waals surface area contributed by atoms with E-state index in [-0.39, 0.29) is 5.56 Å². The number of thioether (sulfide) groups is 1. The maximum atomic E-state index is 13.9. The number of benzene rings is 2. The predicted octanol–water partition coefficient (Wildman–Crippen LogP) is 4.13. The van der Waals surface area contributed by atoms with Gasteiger partial charge in [0.05, 0.1) is 17.9 Å². The number of nitrogens with zero attached hydrogens (tertiary/aromatic N) is 3. The molecule has 2 aromatic carbocycles. The first kappa shape index (κ1) is 19.0. The van der Waals surface area contributed by atoms with Gasteiger partial charge in [0, 0.05) is 18.7 Å². The minimum atomic E-state index is -0.871. The van der Waals surface area contributed by atoms with Crippen LogP contribution in [-0.4, -0.2) is 32.9 Å². The number of ether oxygens (including phenoxy) is 1. The lowest BCUT2D eigenvalue weighted by Gasteiger charge is -2.11. The predicted molar refractivity (Wildman–Crippen MR) is 99.0 cm³/mol. The summed E-state index contributed by atoms with van der Waals surface area (Å²) in [7, 11) is 3.38. The molecule has 0 aliphatic rings. The molecule has 0 aliphatic heterocycles. The van der Waals surface area contributed by atoms with Crippen molar-refractivity contribution in [1.29, 1.82) is 0 Å². The summed E-state index contributed by atoms with van der Waals surface area (Å²) in [6.07, 6.45) is 0. The van der Waals surface area contributed by atoms with E-state index in [0.29, 0.717) is 17.0 Å². The molecule has 3 aromatic rings. The van der Waals surface area contributed by atoms with Crippen LogP contribution in [0.15, 0.2) is 47.6 Å². The van der Waals surface area contributed by atoms with E-state index >= 15 is 0 Å². The Morgan fingerprint density at radius 3 is 2.48 bits per heavy atom. The summed E-state index contributed by atoms with van der Waals surface area (Å²) in [6, 6.07) is 10.3. The van der Waals surface area contributed by atoms with Crippen molar-refractivity contribution >= 4 is 17.5 Å². The van der Waals surface area contributed by atoms with Crippen molar-refractivity contribution in [3.8, 4) is 17.1 Å². The molecule has 0 fully saturated rings. The van der Waals surface area contributed by atoms with Gasteiger partial charge in [0.15, 0.2) is 16.8 Å². The second-order valence-corrected chi connectivity index (χ2v) is 7.15. The summed E-state index contributed by atoms with van der Waals surface area (Å²) in [4.78, 5) is 12.5. The number of carbonyl (C=O) groups is 1. The lowest BCUT2D eigenvalue weighted by Crippen LogP contribution is -2.16. The summed E-state index contributed by atoms with van der Waals surface area (Å²) in [5.41, 5.74) is 0.704. The zero-order chi connectivity index (χ0) is 19.6. The van der Waals surface area contributed by atoms with Crippen LogP contribution < -0.4 is 4.74 Å². The van der Waals surface area contributed by atoms with Gasteiger partial charge in [-0.15, -0.1) is 10.2 Å². The molecule has 0 saturated heterocycles. The SMILES string of the molecule is COc1ccc(-c2nnc(SC(C)C(=O)c3ccc(F)cc3F)n2C)cc1. The number of hydrogen-bond acceptors (Lipinski definition) is 5. The number of aromatic nitrogens is 3. The van der Waals surface area contributed by atoms with Gasteiger partial charge in [-0.05, 0) is 43.3 Å². The number of halogens is 2. The first-order valence-electron chi connectivity index (χ1n) is 8.10. The highest BCUT2D eigenvalue weighted by Gasteiger charge is 2.23. The molecule has 0 saturated carbocycles. The summed E-state index contributed by atoms with van der Waals surface area (Å²) in [5, 5.41) is 8.20. The molecule has 0 aliphatic carbocycles. The molecule has 1 unspecified atom stereocenters. The van der Waals surface area contributed by atoms with E-state index in [1.54, 1.807) is 25.6 Å². The van der Waals surface area contributed by atoms with Crippen LogP contribution in [0, 0.1) is 11.6 Å². The Hall–Kier alpha value is -2.74. The van der Waals surface area contributed by atoms with E-state index in [1.807, 2.05) is 24.3 Å². The fourth-order valence-electron chi connectivity index (χ4n) is 2.53. The Labute approximate surface area is 159 Å². The van der Waals surface area contributed by atoms with Crippen LogP contribution in [0.1, 0.15) is 17.3 Å². The van der Waals surface area contributed by atoms with Gasteiger partial charge in [-0.2, -0.15) is 0 Å². The Balaban J connectivity index is 1.79. The molecular weight excluding hydrogens is 372 g/mol. The standard InChI is InChI=1S/C19H17F2N3O2S/c1-11(17(25)15-9-6-13(20)10-16(15)21)27-19-23-22-18(24(19)2)12-4-7-14(26-3)8-5-12/h4-11H,1-3H3. The molecule has 3 rings (SSSR count). The van der Waals surface area contributed by atoms with Crippen molar-refractivity contribution in [2.24, 2.45) is 7.05 Å².